The Hall–Kier alpha value is -1.84. The van der Waals surface area contributed by atoms with E-state index in [2.05, 4.69) is 5.32 Å². The van der Waals surface area contributed by atoms with Crippen LogP contribution in [0.1, 0.15) is 6.92 Å². The molecule has 0 fully saturated rings. The van der Waals surface area contributed by atoms with E-state index in [1.165, 1.54) is 0 Å². The van der Waals surface area contributed by atoms with Crippen LogP contribution >= 0.6 is 0 Å². The summed E-state index contributed by atoms with van der Waals surface area (Å²) in [4.78, 5) is 22.8. The number of urea groups is 1. The van der Waals surface area contributed by atoms with Crippen molar-refractivity contribution >= 4 is 18.1 Å². The average molecular weight is 191 g/mol. The quantitative estimate of drug-likeness (QED) is 0.732. The predicted molar refractivity (Wildman–Crippen MR) is 53.7 cm³/mol. The third-order valence-electron chi connectivity index (χ3n) is 1.64. The third-order valence-corrected chi connectivity index (χ3v) is 1.64. The van der Waals surface area contributed by atoms with Gasteiger partial charge in [-0.3, -0.25) is 4.79 Å². The van der Waals surface area contributed by atoms with Crippen LogP contribution in [0.2, 0.25) is 0 Å². The monoisotopic (exact) mass is 191 g/mol. The molecule has 0 spiro atoms. The van der Waals surface area contributed by atoms with Gasteiger partial charge in [0.15, 0.2) is 0 Å². The second kappa shape index (κ2) is 5.01. The summed E-state index contributed by atoms with van der Waals surface area (Å²) >= 11 is 0. The predicted octanol–water partition coefficient (Wildman–Crippen LogP) is 1.29. The van der Waals surface area contributed by atoms with Crippen molar-refractivity contribution in [2.24, 2.45) is 0 Å². The first-order valence-electron chi connectivity index (χ1n) is 4.30. The van der Waals surface area contributed by atoms with E-state index >= 15 is 0 Å². The zero-order valence-electron chi connectivity index (χ0n) is 7.86. The minimum atomic E-state index is -0.464. The van der Waals surface area contributed by atoms with Crippen molar-refractivity contribution in [2.75, 3.05) is 11.4 Å². The number of hydrogen-bond acceptors (Lipinski definition) is 2. The fourth-order valence-electron chi connectivity index (χ4n) is 1.02. The number of benzene rings is 1. The fraction of sp³-hybridized carbons (Fsp3) is 0.200. The molecule has 0 unspecified atom stereocenters. The Balaban J connectivity index is 2.82. The van der Waals surface area contributed by atoms with Crippen LogP contribution in [0, 0.1) is 0 Å². The van der Waals surface area contributed by atoms with E-state index in [9.17, 15) is 9.59 Å². The molecule has 14 heavy (non-hydrogen) atoms. The summed E-state index contributed by atoms with van der Waals surface area (Å²) in [6, 6.07) is 8.18. The highest BCUT2D eigenvalue weighted by atomic mass is 16.2. The highest BCUT2D eigenvalue weighted by molar-refractivity contribution is 6.06. The third kappa shape index (κ3) is 2.32. The van der Waals surface area contributed by atoms with Gasteiger partial charge in [-0.2, -0.15) is 0 Å². The molecule has 0 heterocycles. The summed E-state index contributed by atoms with van der Waals surface area (Å²) in [5, 5.41) is 2.52. The Morgan fingerprint density at radius 2 is 2.07 bits per heavy atom. The smallest absolute Gasteiger partial charge is 0.329 e. The van der Waals surface area contributed by atoms with Crippen molar-refractivity contribution in [3.8, 4) is 0 Å². The van der Waals surface area contributed by atoms with Crippen LogP contribution in [-0.2, 0) is 4.79 Å². The summed E-state index contributed by atoms with van der Waals surface area (Å²) in [6.45, 7) is 2.26. The molecule has 0 aliphatic carbocycles. The van der Waals surface area contributed by atoms with Gasteiger partial charge in [0.25, 0.3) is 0 Å². The Kier molecular flexibility index (Phi) is 3.67. The molecular weight excluding hydrogens is 180 g/mol. The van der Waals surface area contributed by atoms with Crippen molar-refractivity contribution in [2.45, 2.75) is 6.92 Å². The molecule has 1 aromatic rings. The molecule has 3 amide bonds. The number of anilines is 1. The van der Waals surface area contributed by atoms with Gasteiger partial charge in [0, 0.05) is 6.54 Å². The lowest BCUT2D eigenvalue weighted by Gasteiger charge is -2.14. The van der Waals surface area contributed by atoms with Crippen LogP contribution < -0.4 is 10.2 Å². The molecule has 73 valence electrons. The van der Waals surface area contributed by atoms with Crippen LogP contribution in [0.5, 0.6) is 0 Å². The van der Waals surface area contributed by atoms with Crippen molar-refractivity contribution in [1.29, 1.82) is 0 Å². The second-order valence-corrected chi connectivity index (χ2v) is 2.60. The molecule has 1 radical (unpaired) electrons. The summed E-state index contributed by atoms with van der Waals surface area (Å²) in [6.07, 6.45) is 1.57. The van der Waals surface area contributed by atoms with Crippen LogP contribution in [0.25, 0.3) is 0 Å². The molecule has 0 bridgehead atoms. The average Bonchev–Trinajstić information content (AvgIpc) is 2.21. The molecular formula is C10H11N2O2. The molecule has 0 saturated carbocycles. The first kappa shape index (κ1) is 10.2. The van der Waals surface area contributed by atoms with Gasteiger partial charge in [-0.15, -0.1) is 0 Å². The summed E-state index contributed by atoms with van der Waals surface area (Å²) in [7, 11) is 0. The number of imide groups is 1. The van der Waals surface area contributed by atoms with E-state index in [4.69, 9.17) is 0 Å². The SMILES string of the molecule is CCNC(=O)N([C]=O)c1ccccc1. The van der Waals surface area contributed by atoms with Gasteiger partial charge in [-0.05, 0) is 19.1 Å². The minimum absolute atomic E-state index is 0.464. The largest absolute Gasteiger partial charge is 0.338 e. The highest BCUT2D eigenvalue weighted by Gasteiger charge is 2.13. The van der Waals surface area contributed by atoms with Gasteiger partial charge in [0.1, 0.15) is 0 Å². The number of para-hydroxylation sites is 1. The van der Waals surface area contributed by atoms with Crippen LogP contribution in [0.3, 0.4) is 0 Å². The highest BCUT2D eigenvalue weighted by Crippen LogP contribution is 2.10. The summed E-state index contributed by atoms with van der Waals surface area (Å²) < 4.78 is 0. The molecule has 1 aromatic carbocycles. The number of hydrogen-bond donors (Lipinski definition) is 1. The zero-order valence-corrected chi connectivity index (χ0v) is 7.86. The van der Waals surface area contributed by atoms with Crippen LogP contribution in [0.4, 0.5) is 10.5 Å². The number of carbonyl (C=O) groups is 1. The molecule has 0 atom stereocenters. The lowest BCUT2D eigenvalue weighted by atomic mass is 10.3. The molecule has 4 nitrogen and oxygen atoms in total. The van der Waals surface area contributed by atoms with Gasteiger partial charge >= 0.3 is 12.4 Å². The molecule has 1 rings (SSSR count). The number of rotatable bonds is 3. The maximum Gasteiger partial charge on any atom is 0.329 e. The van der Waals surface area contributed by atoms with Crippen molar-refractivity contribution in [3.05, 3.63) is 30.3 Å². The van der Waals surface area contributed by atoms with E-state index in [1.54, 1.807) is 37.6 Å². The Morgan fingerprint density at radius 1 is 1.43 bits per heavy atom. The van der Waals surface area contributed by atoms with Gasteiger partial charge < -0.3 is 5.32 Å². The lowest BCUT2D eigenvalue weighted by molar-refractivity contribution is 0.249. The Morgan fingerprint density at radius 3 is 2.57 bits per heavy atom. The maximum absolute atomic E-state index is 11.3. The van der Waals surface area contributed by atoms with Crippen LogP contribution in [-0.4, -0.2) is 19.0 Å². The van der Waals surface area contributed by atoms with Crippen molar-refractivity contribution in [3.63, 3.8) is 0 Å². The summed E-state index contributed by atoms with van der Waals surface area (Å²) in [5.41, 5.74) is 0.508. The fourth-order valence-corrected chi connectivity index (χ4v) is 1.02. The normalized spacial score (nSPS) is 9.21. The first-order valence-corrected chi connectivity index (χ1v) is 4.30. The minimum Gasteiger partial charge on any atom is -0.338 e. The van der Waals surface area contributed by atoms with Gasteiger partial charge in [-0.25, -0.2) is 9.69 Å². The molecule has 1 N–H and O–H groups in total. The number of carbonyl (C=O) groups excluding carboxylic acids is 2. The molecule has 4 heteroatoms. The molecule has 0 aliphatic rings. The molecule has 0 saturated heterocycles. The zero-order chi connectivity index (χ0) is 10.4. The van der Waals surface area contributed by atoms with Gasteiger partial charge in [0.05, 0.1) is 5.69 Å². The van der Waals surface area contributed by atoms with E-state index in [1.807, 2.05) is 6.07 Å². The lowest BCUT2D eigenvalue weighted by Crippen LogP contribution is -2.38. The van der Waals surface area contributed by atoms with E-state index < -0.39 is 6.03 Å². The van der Waals surface area contributed by atoms with E-state index in [0.29, 0.717) is 12.2 Å². The number of nitrogens with one attached hydrogen (secondary N) is 1. The first-order chi connectivity index (χ1) is 6.79. The van der Waals surface area contributed by atoms with Crippen LogP contribution in [0.15, 0.2) is 30.3 Å². The maximum atomic E-state index is 11.3. The van der Waals surface area contributed by atoms with Crippen molar-refractivity contribution in [1.82, 2.24) is 5.32 Å². The Labute approximate surface area is 82.5 Å². The van der Waals surface area contributed by atoms with E-state index in [-0.39, 0.29) is 0 Å². The summed E-state index contributed by atoms with van der Waals surface area (Å²) in [5.74, 6) is 0. The Bertz CT molecular complexity index is 311. The van der Waals surface area contributed by atoms with E-state index in [0.717, 1.165) is 4.90 Å². The number of nitrogens with zero attached hydrogens (tertiary/aromatic N) is 1. The molecule has 0 aromatic heterocycles. The molecule has 0 aliphatic heterocycles. The van der Waals surface area contributed by atoms with Gasteiger partial charge in [-0.1, -0.05) is 18.2 Å². The topological polar surface area (TPSA) is 49.4 Å². The standard InChI is InChI=1S/C10H11N2O2/c1-2-11-10(14)12(8-13)9-6-4-3-5-7-9/h3-7H,2H2,1H3,(H,11,14). The van der Waals surface area contributed by atoms with Gasteiger partial charge in [0.2, 0.25) is 0 Å². The van der Waals surface area contributed by atoms with Crippen molar-refractivity contribution < 1.29 is 9.59 Å². The number of amides is 3. The second-order valence-electron chi connectivity index (χ2n) is 2.60.